The van der Waals surface area contributed by atoms with Gasteiger partial charge < -0.3 is 9.47 Å². The molecule has 1 heterocycles. The fourth-order valence-corrected chi connectivity index (χ4v) is 3.42. The molecular formula is C23H22ClN3O3S. The van der Waals surface area contributed by atoms with E-state index in [0.29, 0.717) is 30.3 Å². The number of rotatable bonds is 10. The third-order valence-electron chi connectivity index (χ3n) is 4.01. The summed E-state index contributed by atoms with van der Waals surface area (Å²) >= 11 is 7.60. The minimum Gasteiger partial charge on any atom is -0.490 e. The lowest BCUT2D eigenvalue weighted by Crippen LogP contribution is -2.17. The first-order valence-electron chi connectivity index (χ1n) is 9.67. The second kappa shape index (κ2) is 12.0. The maximum atomic E-state index is 12.0. The molecule has 1 aromatic heterocycles. The van der Waals surface area contributed by atoms with Crippen LogP contribution in [0.15, 0.2) is 77.0 Å². The minimum atomic E-state index is -0.304. The van der Waals surface area contributed by atoms with Gasteiger partial charge >= 0.3 is 0 Å². The first kappa shape index (κ1) is 22.7. The number of nitrogens with zero attached hydrogens (tertiary/aromatic N) is 2. The van der Waals surface area contributed by atoms with Crippen molar-refractivity contribution in [3.63, 3.8) is 0 Å². The smallest absolute Gasteiger partial charge is 0.271 e. The summed E-state index contributed by atoms with van der Waals surface area (Å²) in [6, 6.07) is 16.5. The quantitative estimate of drug-likeness (QED) is 0.200. The summed E-state index contributed by atoms with van der Waals surface area (Å²) in [6.45, 7) is 2.95. The van der Waals surface area contributed by atoms with Crippen LogP contribution in [-0.2, 0) is 0 Å². The number of aromatic nitrogens is 1. The molecule has 0 bridgehead atoms. The van der Waals surface area contributed by atoms with E-state index >= 15 is 0 Å². The Morgan fingerprint density at radius 3 is 2.61 bits per heavy atom. The van der Waals surface area contributed by atoms with Crippen LogP contribution in [0.5, 0.6) is 11.5 Å². The van der Waals surface area contributed by atoms with Crippen LogP contribution in [0.3, 0.4) is 0 Å². The van der Waals surface area contributed by atoms with Crippen molar-refractivity contribution >= 4 is 35.5 Å². The second-order valence-corrected chi connectivity index (χ2v) is 7.83. The van der Waals surface area contributed by atoms with Crippen molar-refractivity contribution in [2.45, 2.75) is 11.8 Å². The summed E-state index contributed by atoms with van der Waals surface area (Å²) in [4.78, 5) is 17.0. The second-order valence-electron chi connectivity index (χ2n) is 6.23. The highest BCUT2D eigenvalue weighted by Gasteiger charge is 2.07. The van der Waals surface area contributed by atoms with Gasteiger partial charge in [-0.25, -0.2) is 5.43 Å². The van der Waals surface area contributed by atoms with Crippen LogP contribution in [0.1, 0.15) is 22.8 Å². The number of nitrogens with one attached hydrogen (secondary N) is 1. The van der Waals surface area contributed by atoms with Crippen LogP contribution in [0, 0.1) is 0 Å². The SMILES string of the molecule is CCOc1cc(/C=N/NC(=O)c2ccncc2)ccc1OCCSc1ccc(Cl)cc1. The van der Waals surface area contributed by atoms with Crippen LogP contribution >= 0.6 is 23.4 Å². The number of halogens is 1. The molecule has 0 fully saturated rings. The molecule has 8 heteroatoms. The number of thioether (sulfide) groups is 1. The molecule has 31 heavy (non-hydrogen) atoms. The number of hydrogen-bond donors (Lipinski definition) is 1. The lowest BCUT2D eigenvalue weighted by atomic mass is 10.2. The molecule has 2 aromatic carbocycles. The van der Waals surface area contributed by atoms with Crippen molar-refractivity contribution < 1.29 is 14.3 Å². The molecule has 0 atom stereocenters. The molecule has 0 aliphatic carbocycles. The maximum Gasteiger partial charge on any atom is 0.271 e. The van der Waals surface area contributed by atoms with Crippen LogP contribution in [0.2, 0.25) is 5.02 Å². The van der Waals surface area contributed by atoms with E-state index in [-0.39, 0.29) is 5.91 Å². The van der Waals surface area contributed by atoms with Crippen molar-refractivity contribution in [3.8, 4) is 11.5 Å². The zero-order chi connectivity index (χ0) is 21.9. The fourth-order valence-electron chi connectivity index (χ4n) is 2.57. The normalized spacial score (nSPS) is 10.8. The molecule has 0 unspecified atom stereocenters. The fraction of sp³-hybridized carbons (Fsp3) is 0.174. The number of carbonyl (C=O) groups excluding carboxylic acids is 1. The number of hydrogen-bond acceptors (Lipinski definition) is 6. The van der Waals surface area contributed by atoms with E-state index in [0.717, 1.165) is 21.2 Å². The summed E-state index contributed by atoms with van der Waals surface area (Å²) in [6.07, 6.45) is 4.67. The Bertz CT molecular complexity index is 1010. The van der Waals surface area contributed by atoms with Crippen molar-refractivity contribution in [2.24, 2.45) is 5.10 Å². The summed E-state index contributed by atoms with van der Waals surface area (Å²) < 4.78 is 11.6. The average molecular weight is 456 g/mol. The summed E-state index contributed by atoms with van der Waals surface area (Å²) in [7, 11) is 0. The maximum absolute atomic E-state index is 12.0. The summed E-state index contributed by atoms with van der Waals surface area (Å²) in [5.74, 6) is 1.78. The number of pyridine rings is 1. The van der Waals surface area contributed by atoms with Crippen LogP contribution in [0.4, 0.5) is 0 Å². The van der Waals surface area contributed by atoms with E-state index < -0.39 is 0 Å². The van der Waals surface area contributed by atoms with Gasteiger partial charge in [0.15, 0.2) is 11.5 Å². The molecule has 3 rings (SSSR count). The van der Waals surface area contributed by atoms with Gasteiger partial charge in [0.1, 0.15) is 0 Å². The molecular weight excluding hydrogens is 434 g/mol. The number of amides is 1. The lowest BCUT2D eigenvalue weighted by molar-refractivity contribution is 0.0955. The van der Waals surface area contributed by atoms with Gasteiger partial charge in [-0.2, -0.15) is 5.10 Å². The Morgan fingerprint density at radius 1 is 1.10 bits per heavy atom. The number of hydrazone groups is 1. The number of benzene rings is 2. The van der Waals surface area contributed by atoms with E-state index in [1.165, 1.54) is 0 Å². The van der Waals surface area contributed by atoms with Crippen molar-refractivity contribution in [1.29, 1.82) is 0 Å². The van der Waals surface area contributed by atoms with E-state index in [4.69, 9.17) is 21.1 Å². The molecule has 0 aliphatic rings. The molecule has 0 saturated carbocycles. The van der Waals surface area contributed by atoms with Gasteiger partial charge in [-0.15, -0.1) is 11.8 Å². The summed E-state index contributed by atoms with van der Waals surface area (Å²) in [5.41, 5.74) is 3.76. The minimum absolute atomic E-state index is 0.304. The topological polar surface area (TPSA) is 72.8 Å². The van der Waals surface area contributed by atoms with E-state index in [2.05, 4.69) is 15.5 Å². The first-order valence-corrected chi connectivity index (χ1v) is 11.0. The van der Waals surface area contributed by atoms with E-state index in [1.54, 1.807) is 42.5 Å². The van der Waals surface area contributed by atoms with Gasteiger partial charge in [0, 0.05) is 33.6 Å². The zero-order valence-corrected chi connectivity index (χ0v) is 18.5. The Kier molecular flexibility index (Phi) is 8.75. The highest BCUT2D eigenvalue weighted by molar-refractivity contribution is 7.99. The highest BCUT2D eigenvalue weighted by atomic mass is 35.5. The van der Waals surface area contributed by atoms with Gasteiger partial charge in [0.25, 0.3) is 5.91 Å². The highest BCUT2D eigenvalue weighted by Crippen LogP contribution is 2.28. The average Bonchev–Trinajstić information content (AvgIpc) is 2.80. The molecule has 6 nitrogen and oxygen atoms in total. The van der Waals surface area contributed by atoms with Gasteiger partial charge in [-0.1, -0.05) is 11.6 Å². The third kappa shape index (κ3) is 7.31. The molecule has 0 aliphatic heterocycles. The summed E-state index contributed by atoms with van der Waals surface area (Å²) in [5, 5.41) is 4.73. The molecule has 3 aromatic rings. The first-order chi connectivity index (χ1) is 15.2. The van der Waals surface area contributed by atoms with E-state index in [1.807, 2.05) is 49.4 Å². The Hall–Kier alpha value is -3.03. The Balaban J connectivity index is 1.54. The predicted octanol–water partition coefficient (Wildman–Crippen LogP) is 5.07. The molecule has 1 amide bonds. The van der Waals surface area contributed by atoms with E-state index in [9.17, 15) is 4.79 Å². The van der Waals surface area contributed by atoms with Gasteiger partial charge in [-0.3, -0.25) is 9.78 Å². The molecule has 160 valence electrons. The van der Waals surface area contributed by atoms with Crippen LogP contribution in [0.25, 0.3) is 0 Å². The van der Waals surface area contributed by atoms with Gasteiger partial charge in [0.05, 0.1) is 19.4 Å². The van der Waals surface area contributed by atoms with Crippen molar-refractivity contribution in [1.82, 2.24) is 10.4 Å². The molecule has 0 spiro atoms. The molecule has 0 radical (unpaired) electrons. The molecule has 1 N–H and O–H groups in total. The largest absolute Gasteiger partial charge is 0.490 e. The molecule has 0 saturated heterocycles. The van der Waals surface area contributed by atoms with Crippen LogP contribution in [-0.4, -0.2) is 36.1 Å². The van der Waals surface area contributed by atoms with Crippen LogP contribution < -0.4 is 14.9 Å². The Morgan fingerprint density at radius 2 is 1.87 bits per heavy atom. The number of ether oxygens (including phenoxy) is 2. The van der Waals surface area contributed by atoms with Gasteiger partial charge in [0.2, 0.25) is 0 Å². The Labute approximate surface area is 190 Å². The number of carbonyl (C=O) groups is 1. The van der Waals surface area contributed by atoms with Crippen molar-refractivity contribution in [2.75, 3.05) is 19.0 Å². The standard InChI is InChI=1S/C23H22ClN3O3S/c1-2-29-22-15-17(16-26-27-23(28)18-9-11-25-12-10-18)3-8-21(22)30-13-14-31-20-6-4-19(24)5-7-20/h3-12,15-16H,2,13-14H2,1H3,(H,27,28)/b26-16+. The monoisotopic (exact) mass is 455 g/mol. The zero-order valence-electron chi connectivity index (χ0n) is 17.0. The van der Waals surface area contributed by atoms with Gasteiger partial charge in [-0.05, 0) is 67.1 Å². The lowest BCUT2D eigenvalue weighted by Gasteiger charge is -2.12. The predicted molar refractivity (Wildman–Crippen MR) is 125 cm³/mol. The van der Waals surface area contributed by atoms with Crippen molar-refractivity contribution in [3.05, 3.63) is 83.1 Å². The third-order valence-corrected chi connectivity index (χ3v) is 5.24.